The molecule has 1 aliphatic carbocycles. The lowest BCUT2D eigenvalue weighted by atomic mass is 10.0. The third kappa shape index (κ3) is 6.36. The van der Waals surface area contributed by atoms with Crippen molar-refractivity contribution in [2.45, 2.75) is 32.4 Å². The van der Waals surface area contributed by atoms with Crippen molar-refractivity contribution in [2.24, 2.45) is 11.8 Å². The van der Waals surface area contributed by atoms with Crippen molar-refractivity contribution in [3.05, 3.63) is 54.4 Å². The summed E-state index contributed by atoms with van der Waals surface area (Å²) >= 11 is 1.29. The molecular formula is C29H27F3N6O3S. The molecule has 3 heterocycles. The van der Waals surface area contributed by atoms with Crippen LogP contribution in [0.1, 0.15) is 31.7 Å². The summed E-state index contributed by atoms with van der Waals surface area (Å²) in [5, 5.41) is 5.83. The highest BCUT2D eigenvalue weighted by molar-refractivity contribution is 7.22. The number of fused-ring (bicyclic) bond motifs is 1. The van der Waals surface area contributed by atoms with Gasteiger partial charge in [0.15, 0.2) is 10.9 Å². The molecule has 218 valence electrons. The Labute approximate surface area is 243 Å². The van der Waals surface area contributed by atoms with E-state index in [1.54, 1.807) is 12.1 Å². The zero-order valence-corrected chi connectivity index (χ0v) is 23.4. The van der Waals surface area contributed by atoms with E-state index in [-0.39, 0.29) is 35.0 Å². The first-order chi connectivity index (χ1) is 20.1. The van der Waals surface area contributed by atoms with Crippen molar-refractivity contribution in [3.63, 3.8) is 0 Å². The number of hydrogen-bond donors (Lipinski definition) is 2. The van der Waals surface area contributed by atoms with Crippen molar-refractivity contribution in [3.8, 4) is 22.9 Å². The number of carbonyl (C=O) groups excluding carboxylic acids is 2. The van der Waals surface area contributed by atoms with Crippen LogP contribution >= 0.6 is 11.3 Å². The van der Waals surface area contributed by atoms with Gasteiger partial charge in [-0.1, -0.05) is 23.5 Å². The number of nitrogens with zero attached hydrogens (tertiary/aromatic N) is 4. The van der Waals surface area contributed by atoms with Gasteiger partial charge in [0, 0.05) is 31.6 Å². The van der Waals surface area contributed by atoms with E-state index in [0.29, 0.717) is 40.8 Å². The van der Waals surface area contributed by atoms with Crippen LogP contribution in [0.25, 0.3) is 21.5 Å². The Morgan fingerprint density at radius 2 is 1.93 bits per heavy atom. The van der Waals surface area contributed by atoms with Gasteiger partial charge in [-0.2, -0.15) is 13.2 Å². The Bertz CT molecular complexity index is 1660. The van der Waals surface area contributed by atoms with Crippen LogP contribution < -0.4 is 15.4 Å². The number of halogens is 3. The fraction of sp³-hybridized carbons (Fsp3) is 0.345. The summed E-state index contributed by atoms with van der Waals surface area (Å²) in [7, 11) is 0. The first kappa shape index (κ1) is 28.0. The molecule has 1 saturated heterocycles. The maximum atomic E-state index is 13.6. The van der Waals surface area contributed by atoms with Crippen LogP contribution in [0.3, 0.4) is 0 Å². The highest BCUT2D eigenvalue weighted by Crippen LogP contribution is 2.38. The van der Waals surface area contributed by atoms with E-state index in [0.717, 1.165) is 29.9 Å². The zero-order valence-electron chi connectivity index (χ0n) is 22.6. The van der Waals surface area contributed by atoms with Crippen LogP contribution in [-0.4, -0.2) is 51.3 Å². The van der Waals surface area contributed by atoms with Crippen molar-refractivity contribution < 1.29 is 27.5 Å². The van der Waals surface area contributed by atoms with E-state index >= 15 is 0 Å². The molecular weight excluding hydrogens is 569 g/mol. The Morgan fingerprint density at radius 1 is 1.10 bits per heavy atom. The molecule has 1 saturated carbocycles. The second-order valence-electron chi connectivity index (χ2n) is 10.6. The van der Waals surface area contributed by atoms with E-state index in [1.165, 1.54) is 49.6 Å². The molecule has 2 aromatic heterocycles. The smallest absolute Gasteiger partial charge is 0.416 e. The quantitative estimate of drug-likeness (QED) is 0.250. The molecule has 6 rings (SSSR count). The third-order valence-corrected chi connectivity index (χ3v) is 8.19. The molecule has 4 aromatic rings. The van der Waals surface area contributed by atoms with Gasteiger partial charge in [-0.05, 0) is 56.0 Å². The second-order valence-corrected chi connectivity index (χ2v) is 11.6. The van der Waals surface area contributed by atoms with E-state index < -0.39 is 11.7 Å². The Hall–Kier alpha value is -4.10. The molecule has 0 spiro atoms. The molecule has 0 bridgehead atoms. The molecule has 9 nitrogen and oxygen atoms in total. The molecule has 1 unspecified atom stereocenters. The number of ether oxygens (including phenoxy) is 1. The summed E-state index contributed by atoms with van der Waals surface area (Å²) in [5.41, 5.74) is 0.230. The van der Waals surface area contributed by atoms with Gasteiger partial charge in [-0.15, -0.1) is 0 Å². The van der Waals surface area contributed by atoms with Crippen LogP contribution in [0.2, 0.25) is 0 Å². The maximum Gasteiger partial charge on any atom is 0.416 e. The minimum Gasteiger partial charge on any atom is -0.437 e. The standard InChI is InChI=1S/C29H27F3N6O3S/c1-16(39)35-28-37-26-23(3-2-4-24(26)42-28)41-25-12-21(33-15-34-25)20-8-7-19(29(30,31)32)11-22(20)36-27(40)18-9-10-38(14-18)13-17-5-6-17/h2-4,7-8,11-12,15,17-18H,5-6,9-10,13-14H2,1H3,(H,36,40)(H,35,37,39). The van der Waals surface area contributed by atoms with Crippen LogP contribution in [0, 0.1) is 11.8 Å². The van der Waals surface area contributed by atoms with Crippen LogP contribution in [0.15, 0.2) is 48.8 Å². The van der Waals surface area contributed by atoms with Crippen LogP contribution in [-0.2, 0) is 15.8 Å². The van der Waals surface area contributed by atoms with E-state index in [2.05, 4.69) is 30.5 Å². The highest BCUT2D eigenvalue weighted by atomic mass is 32.1. The maximum absolute atomic E-state index is 13.6. The molecule has 2 aliphatic rings. The molecule has 1 atom stereocenters. The summed E-state index contributed by atoms with van der Waals surface area (Å²) in [6.45, 7) is 3.75. The molecule has 2 aromatic carbocycles. The predicted octanol–water partition coefficient (Wildman–Crippen LogP) is 6.19. The molecule has 42 heavy (non-hydrogen) atoms. The Balaban J connectivity index is 1.27. The van der Waals surface area contributed by atoms with Gasteiger partial charge < -0.3 is 20.3 Å². The van der Waals surface area contributed by atoms with Gasteiger partial charge in [0.1, 0.15) is 11.8 Å². The number of aromatic nitrogens is 3. The average molecular weight is 597 g/mol. The molecule has 2 N–H and O–H groups in total. The van der Waals surface area contributed by atoms with Gasteiger partial charge >= 0.3 is 6.18 Å². The molecule has 0 radical (unpaired) electrons. The van der Waals surface area contributed by atoms with E-state index in [1.807, 2.05) is 6.07 Å². The number of nitrogens with one attached hydrogen (secondary N) is 2. The van der Waals surface area contributed by atoms with E-state index in [4.69, 9.17) is 4.74 Å². The van der Waals surface area contributed by atoms with Crippen molar-refractivity contribution in [2.75, 3.05) is 30.3 Å². The molecule has 1 aliphatic heterocycles. The van der Waals surface area contributed by atoms with Gasteiger partial charge in [-0.3, -0.25) is 9.59 Å². The van der Waals surface area contributed by atoms with Crippen LogP contribution in [0.4, 0.5) is 24.0 Å². The van der Waals surface area contributed by atoms with Gasteiger partial charge in [0.2, 0.25) is 17.7 Å². The van der Waals surface area contributed by atoms with Crippen molar-refractivity contribution >= 4 is 44.2 Å². The zero-order chi connectivity index (χ0) is 29.4. The predicted molar refractivity (Wildman–Crippen MR) is 152 cm³/mol. The lowest BCUT2D eigenvalue weighted by Crippen LogP contribution is -2.28. The fourth-order valence-electron chi connectivity index (χ4n) is 5.03. The first-order valence-electron chi connectivity index (χ1n) is 13.5. The van der Waals surface area contributed by atoms with Gasteiger partial charge in [0.25, 0.3) is 0 Å². The number of benzene rings is 2. The summed E-state index contributed by atoms with van der Waals surface area (Å²) in [5.74, 6) is 0.326. The topological polar surface area (TPSA) is 109 Å². The highest BCUT2D eigenvalue weighted by Gasteiger charge is 2.34. The molecule has 2 fully saturated rings. The van der Waals surface area contributed by atoms with Gasteiger partial charge in [0.05, 0.1) is 27.6 Å². The lowest BCUT2D eigenvalue weighted by molar-refractivity contribution is -0.137. The number of alkyl halides is 3. The van der Waals surface area contributed by atoms with E-state index in [9.17, 15) is 22.8 Å². The van der Waals surface area contributed by atoms with Crippen molar-refractivity contribution in [1.29, 1.82) is 0 Å². The SMILES string of the molecule is CC(=O)Nc1nc2c(Oc3cc(-c4ccc(C(F)(F)F)cc4NC(=O)C4CCN(CC5CC5)C4)ncn3)cccc2s1. The van der Waals surface area contributed by atoms with Crippen LogP contribution in [0.5, 0.6) is 11.6 Å². The third-order valence-electron chi connectivity index (χ3n) is 7.26. The summed E-state index contributed by atoms with van der Waals surface area (Å²) in [6, 6.07) is 9.98. The summed E-state index contributed by atoms with van der Waals surface area (Å²) < 4.78 is 47.7. The molecule has 2 amide bonds. The first-order valence-corrected chi connectivity index (χ1v) is 14.4. The number of amides is 2. The number of anilines is 2. The Morgan fingerprint density at radius 3 is 2.69 bits per heavy atom. The number of carbonyl (C=O) groups is 2. The number of hydrogen-bond acceptors (Lipinski definition) is 8. The fourth-order valence-corrected chi connectivity index (χ4v) is 5.95. The minimum atomic E-state index is -4.59. The number of rotatable bonds is 8. The van der Waals surface area contributed by atoms with Crippen molar-refractivity contribution in [1.82, 2.24) is 19.9 Å². The van der Waals surface area contributed by atoms with Gasteiger partial charge in [-0.25, -0.2) is 15.0 Å². The number of thiazole rings is 1. The summed E-state index contributed by atoms with van der Waals surface area (Å²) in [6.07, 6.45) is -0.269. The number of para-hydroxylation sites is 1. The summed E-state index contributed by atoms with van der Waals surface area (Å²) in [4.78, 5) is 39.8. The normalized spacial score (nSPS) is 17.4. The lowest BCUT2D eigenvalue weighted by Gasteiger charge is -2.18. The molecule has 13 heteroatoms. The number of likely N-dealkylation sites (tertiary alicyclic amines) is 1. The minimum absolute atomic E-state index is 0.0154. The second kappa shape index (κ2) is 11.3. The largest absolute Gasteiger partial charge is 0.437 e. The Kier molecular flexibility index (Phi) is 7.54. The monoisotopic (exact) mass is 596 g/mol. The average Bonchev–Trinajstić information content (AvgIpc) is 3.45.